The van der Waals surface area contributed by atoms with Crippen molar-refractivity contribution in [2.45, 2.75) is 18.7 Å². The van der Waals surface area contributed by atoms with Crippen LogP contribution >= 0.6 is 0 Å². The van der Waals surface area contributed by atoms with Crippen molar-refractivity contribution in [2.24, 2.45) is 0 Å². The number of nitrogens with zero attached hydrogens (tertiary/aromatic N) is 1. The molecule has 0 atom stereocenters. The maximum absolute atomic E-state index is 12.8. The van der Waals surface area contributed by atoms with E-state index in [0.717, 1.165) is 0 Å². The van der Waals surface area contributed by atoms with Crippen LogP contribution in [0.3, 0.4) is 0 Å². The van der Waals surface area contributed by atoms with Gasteiger partial charge in [0.25, 0.3) is 5.91 Å². The number of carbonyl (C=O) groups excluding carboxylic acids is 2. The quantitative estimate of drug-likeness (QED) is 0.723. The lowest BCUT2D eigenvalue weighted by Crippen LogP contribution is -2.40. The topological polar surface area (TPSA) is 102 Å². The molecular formula is C16H22N2O6S. The van der Waals surface area contributed by atoms with Crippen LogP contribution in [0.5, 0.6) is 0 Å². The van der Waals surface area contributed by atoms with Gasteiger partial charge in [0, 0.05) is 19.6 Å². The van der Waals surface area contributed by atoms with E-state index in [0.29, 0.717) is 25.3 Å². The van der Waals surface area contributed by atoms with Crippen molar-refractivity contribution in [3.63, 3.8) is 0 Å². The fraction of sp³-hybridized carbons (Fsp3) is 0.500. The number of morpholine rings is 1. The van der Waals surface area contributed by atoms with Crippen LogP contribution < -0.4 is 5.32 Å². The Kier molecular flexibility index (Phi) is 6.51. The number of aryl methyl sites for hydroxylation is 1. The van der Waals surface area contributed by atoms with E-state index in [9.17, 15) is 18.0 Å². The summed E-state index contributed by atoms with van der Waals surface area (Å²) >= 11 is 0. The van der Waals surface area contributed by atoms with Gasteiger partial charge in [-0.3, -0.25) is 4.79 Å². The van der Waals surface area contributed by atoms with Crippen molar-refractivity contribution in [1.82, 2.24) is 9.62 Å². The Morgan fingerprint density at radius 3 is 2.60 bits per heavy atom. The zero-order valence-corrected chi connectivity index (χ0v) is 15.1. The number of hydrogen-bond donors (Lipinski definition) is 1. The summed E-state index contributed by atoms with van der Waals surface area (Å²) in [6, 6.07) is 4.32. The maximum atomic E-state index is 12.8. The Morgan fingerprint density at radius 2 is 1.96 bits per heavy atom. The average molecular weight is 370 g/mol. The number of carbonyl (C=O) groups is 2. The molecule has 1 fully saturated rings. The first-order chi connectivity index (χ1) is 11.9. The van der Waals surface area contributed by atoms with Gasteiger partial charge in [0.1, 0.15) is 0 Å². The largest absolute Gasteiger partial charge is 0.452 e. The number of amides is 1. The van der Waals surface area contributed by atoms with Crippen LogP contribution in [-0.2, 0) is 24.3 Å². The normalized spacial score (nSPS) is 15.6. The standard InChI is InChI=1S/C16H22N2O6S/c1-3-17-15(19)11-24-16(20)13-5-4-12(2)14(10-13)25(21,22)18-6-8-23-9-7-18/h4-5,10H,3,6-9,11H2,1-2H3,(H,17,19). The molecular weight excluding hydrogens is 348 g/mol. The second-order valence-corrected chi connectivity index (χ2v) is 7.43. The molecule has 1 N–H and O–H groups in total. The zero-order valence-electron chi connectivity index (χ0n) is 14.3. The van der Waals surface area contributed by atoms with Gasteiger partial charge in [-0.25, -0.2) is 13.2 Å². The molecule has 0 spiro atoms. The van der Waals surface area contributed by atoms with Crippen LogP contribution in [0.2, 0.25) is 0 Å². The minimum absolute atomic E-state index is 0.0573. The number of sulfonamides is 1. The summed E-state index contributed by atoms with van der Waals surface area (Å²) in [5.41, 5.74) is 0.619. The van der Waals surface area contributed by atoms with E-state index in [1.54, 1.807) is 19.9 Å². The molecule has 1 aliphatic rings. The third kappa shape index (κ3) is 4.77. The van der Waals surface area contributed by atoms with Gasteiger partial charge in [-0.05, 0) is 31.5 Å². The fourth-order valence-corrected chi connectivity index (χ4v) is 4.05. The van der Waals surface area contributed by atoms with Crippen molar-refractivity contribution in [3.8, 4) is 0 Å². The lowest BCUT2D eigenvalue weighted by Gasteiger charge is -2.26. The molecule has 1 amide bonds. The number of ether oxygens (including phenoxy) is 2. The summed E-state index contributed by atoms with van der Waals surface area (Å²) in [6.07, 6.45) is 0. The Bertz CT molecular complexity index is 741. The van der Waals surface area contributed by atoms with E-state index in [1.807, 2.05) is 0 Å². The summed E-state index contributed by atoms with van der Waals surface area (Å²) in [7, 11) is -3.72. The molecule has 1 aromatic carbocycles. The summed E-state index contributed by atoms with van der Waals surface area (Å²) in [6.45, 7) is 4.66. The highest BCUT2D eigenvalue weighted by Crippen LogP contribution is 2.22. The van der Waals surface area contributed by atoms with E-state index in [1.165, 1.54) is 16.4 Å². The lowest BCUT2D eigenvalue weighted by atomic mass is 10.1. The van der Waals surface area contributed by atoms with Gasteiger partial charge in [-0.2, -0.15) is 4.31 Å². The molecule has 0 saturated carbocycles. The first kappa shape index (κ1) is 19.4. The van der Waals surface area contributed by atoms with Crippen LogP contribution in [0, 0.1) is 6.92 Å². The molecule has 25 heavy (non-hydrogen) atoms. The predicted octanol–water partition coefficient (Wildman–Crippen LogP) is 0.309. The van der Waals surface area contributed by atoms with Gasteiger partial charge in [-0.1, -0.05) is 6.07 Å². The van der Waals surface area contributed by atoms with Gasteiger partial charge >= 0.3 is 5.97 Å². The molecule has 0 unspecified atom stereocenters. The van der Waals surface area contributed by atoms with Crippen molar-refractivity contribution in [2.75, 3.05) is 39.5 Å². The average Bonchev–Trinajstić information content (AvgIpc) is 2.61. The highest BCUT2D eigenvalue weighted by atomic mass is 32.2. The Hall–Kier alpha value is -1.97. The maximum Gasteiger partial charge on any atom is 0.338 e. The smallest absolute Gasteiger partial charge is 0.338 e. The first-order valence-electron chi connectivity index (χ1n) is 7.98. The number of hydrogen-bond acceptors (Lipinski definition) is 6. The molecule has 0 radical (unpaired) electrons. The molecule has 1 aromatic rings. The Balaban J connectivity index is 2.19. The molecule has 1 aliphatic heterocycles. The van der Waals surface area contributed by atoms with Crippen LogP contribution in [0.25, 0.3) is 0 Å². The van der Waals surface area contributed by atoms with Crippen molar-refractivity contribution < 1.29 is 27.5 Å². The molecule has 9 heteroatoms. The van der Waals surface area contributed by atoms with Gasteiger partial charge < -0.3 is 14.8 Å². The van der Waals surface area contributed by atoms with Crippen molar-refractivity contribution in [3.05, 3.63) is 29.3 Å². The van der Waals surface area contributed by atoms with Gasteiger partial charge in [0.2, 0.25) is 10.0 Å². The number of rotatable bonds is 6. The second kappa shape index (κ2) is 8.41. The summed E-state index contributed by atoms with van der Waals surface area (Å²) in [4.78, 5) is 23.5. The molecule has 0 aromatic heterocycles. The van der Waals surface area contributed by atoms with Crippen LogP contribution in [-0.4, -0.2) is 64.1 Å². The van der Waals surface area contributed by atoms with E-state index < -0.39 is 28.5 Å². The van der Waals surface area contributed by atoms with E-state index in [-0.39, 0.29) is 23.5 Å². The number of likely N-dealkylation sites (N-methyl/N-ethyl adjacent to an activating group) is 1. The lowest BCUT2D eigenvalue weighted by molar-refractivity contribution is -0.124. The highest BCUT2D eigenvalue weighted by Gasteiger charge is 2.28. The number of nitrogens with one attached hydrogen (secondary N) is 1. The number of esters is 1. The monoisotopic (exact) mass is 370 g/mol. The predicted molar refractivity (Wildman–Crippen MR) is 89.7 cm³/mol. The van der Waals surface area contributed by atoms with Crippen LogP contribution in [0.15, 0.2) is 23.1 Å². The summed E-state index contributed by atoms with van der Waals surface area (Å²) in [5.74, 6) is -1.16. The Labute approximate surface area is 147 Å². The van der Waals surface area contributed by atoms with Gasteiger partial charge in [0.15, 0.2) is 6.61 Å². The SMILES string of the molecule is CCNC(=O)COC(=O)c1ccc(C)c(S(=O)(=O)N2CCOCC2)c1. The summed E-state index contributed by atoms with van der Waals surface area (Å²) in [5, 5.41) is 2.51. The first-order valence-corrected chi connectivity index (χ1v) is 9.42. The minimum atomic E-state index is -3.72. The van der Waals surface area contributed by atoms with E-state index in [4.69, 9.17) is 9.47 Å². The third-order valence-electron chi connectivity index (χ3n) is 3.72. The van der Waals surface area contributed by atoms with E-state index >= 15 is 0 Å². The zero-order chi connectivity index (χ0) is 18.4. The van der Waals surface area contributed by atoms with Crippen molar-refractivity contribution >= 4 is 21.9 Å². The highest BCUT2D eigenvalue weighted by molar-refractivity contribution is 7.89. The third-order valence-corrected chi connectivity index (χ3v) is 5.76. The summed E-state index contributed by atoms with van der Waals surface area (Å²) < 4.78 is 37.0. The molecule has 1 heterocycles. The molecule has 0 bridgehead atoms. The fourth-order valence-electron chi connectivity index (χ4n) is 2.39. The van der Waals surface area contributed by atoms with Gasteiger partial charge in [0.05, 0.1) is 23.7 Å². The minimum Gasteiger partial charge on any atom is -0.452 e. The van der Waals surface area contributed by atoms with Crippen LogP contribution in [0.1, 0.15) is 22.8 Å². The molecule has 2 rings (SSSR count). The molecule has 1 saturated heterocycles. The van der Waals surface area contributed by atoms with E-state index in [2.05, 4.69) is 5.32 Å². The molecule has 0 aliphatic carbocycles. The second-order valence-electron chi connectivity index (χ2n) is 5.53. The van der Waals surface area contributed by atoms with Crippen LogP contribution in [0.4, 0.5) is 0 Å². The molecule has 138 valence electrons. The van der Waals surface area contributed by atoms with Crippen molar-refractivity contribution in [1.29, 1.82) is 0 Å². The Morgan fingerprint density at radius 1 is 1.28 bits per heavy atom. The number of benzene rings is 1. The molecule has 8 nitrogen and oxygen atoms in total. The van der Waals surface area contributed by atoms with Gasteiger partial charge in [-0.15, -0.1) is 0 Å².